The van der Waals surface area contributed by atoms with Crippen molar-refractivity contribution >= 4 is 17.5 Å². The van der Waals surface area contributed by atoms with E-state index in [4.69, 9.17) is 4.74 Å². The second-order valence-electron chi connectivity index (χ2n) is 6.42. The summed E-state index contributed by atoms with van der Waals surface area (Å²) in [6.45, 7) is 9.07. The smallest absolute Gasteiger partial charge is 0.274 e. The lowest BCUT2D eigenvalue weighted by Gasteiger charge is -2.26. The molecular weight excluding hydrogens is 330 g/mol. The quantitative estimate of drug-likeness (QED) is 0.826. The highest BCUT2D eigenvalue weighted by molar-refractivity contribution is 6.03. The summed E-state index contributed by atoms with van der Waals surface area (Å²) in [5.41, 5.74) is 3.32. The summed E-state index contributed by atoms with van der Waals surface area (Å²) in [6, 6.07) is 7.53. The molecule has 1 aromatic carbocycles. The van der Waals surface area contributed by atoms with E-state index in [1.807, 2.05) is 32.0 Å². The molecule has 1 fully saturated rings. The third kappa shape index (κ3) is 5.00. The van der Waals surface area contributed by atoms with E-state index in [0.29, 0.717) is 11.6 Å². The molecule has 2 aromatic rings. The SMILES string of the molecule is Cc1ccc(NC(=O)c2ccnc(NCCN3CCOCC3)n2)c(C)c1. The molecule has 3 rings (SSSR count). The first-order valence-electron chi connectivity index (χ1n) is 8.87. The number of anilines is 2. The Morgan fingerprint density at radius 1 is 1.23 bits per heavy atom. The minimum Gasteiger partial charge on any atom is -0.379 e. The number of rotatable bonds is 6. The van der Waals surface area contributed by atoms with Gasteiger partial charge in [-0.25, -0.2) is 9.97 Å². The van der Waals surface area contributed by atoms with Crippen LogP contribution in [0.25, 0.3) is 0 Å². The molecule has 1 aromatic heterocycles. The predicted molar refractivity (Wildman–Crippen MR) is 102 cm³/mol. The molecule has 0 spiro atoms. The van der Waals surface area contributed by atoms with Crippen molar-refractivity contribution in [3.05, 3.63) is 47.3 Å². The van der Waals surface area contributed by atoms with Gasteiger partial charge >= 0.3 is 0 Å². The number of carbonyl (C=O) groups excluding carboxylic acids is 1. The number of hydrogen-bond donors (Lipinski definition) is 2. The summed E-state index contributed by atoms with van der Waals surface area (Å²) in [4.78, 5) is 23.3. The van der Waals surface area contributed by atoms with Crippen LogP contribution in [-0.2, 0) is 4.74 Å². The molecule has 0 atom stereocenters. The average Bonchev–Trinajstić information content (AvgIpc) is 2.65. The molecule has 1 amide bonds. The summed E-state index contributed by atoms with van der Waals surface area (Å²) < 4.78 is 5.34. The third-order valence-electron chi connectivity index (χ3n) is 4.33. The van der Waals surface area contributed by atoms with Gasteiger partial charge in [0.15, 0.2) is 0 Å². The van der Waals surface area contributed by atoms with Crippen LogP contribution in [0, 0.1) is 13.8 Å². The number of carbonyl (C=O) groups is 1. The van der Waals surface area contributed by atoms with E-state index in [1.54, 1.807) is 12.3 Å². The van der Waals surface area contributed by atoms with Crippen LogP contribution in [-0.4, -0.2) is 60.2 Å². The van der Waals surface area contributed by atoms with Gasteiger partial charge in [-0.1, -0.05) is 17.7 Å². The van der Waals surface area contributed by atoms with Crippen molar-refractivity contribution in [1.82, 2.24) is 14.9 Å². The zero-order chi connectivity index (χ0) is 18.4. The number of hydrogen-bond acceptors (Lipinski definition) is 6. The minimum absolute atomic E-state index is 0.240. The van der Waals surface area contributed by atoms with E-state index >= 15 is 0 Å². The lowest BCUT2D eigenvalue weighted by atomic mass is 10.1. The number of aryl methyl sites for hydroxylation is 2. The van der Waals surface area contributed by atoms with E-state index in [1.165, 1.54) is 0 Å². The number of nitrogens with one attached hydrogen (secondary N) is 2. The fourth-order valence-electron chi connectivity index (χ4n) is 2.86. The molecule has 0 unspecified atom stereocenters. The number of aromatic nitrogens is 2. The number of nitrogens with zero attached hydrogens (tertiary/aromatic N) is 3. The molecule has 26 heavy (non-hydrogen) atoms. The zero-order valence-corrected chi connectivity index (χ0v) is 15.3. The first-order valence-corrected chi connectivity index (χ1v) is 8.87. The van der Waals surface area contributed by atoms with Gasteiger partial charge in [0.25, 0.3) is 5.91 Å². The molecule has 2 heterocycles. The van der Waals surface area contributed by atoms with Crippen molar-refractivity contribution in [3.8, 4) is 0 Å². The van der Waals surface area contributed by atoms with Crippen molar-refractivity contribution in [3.63, 3.8) is 0 Å². The normalized spacial score (nSPS) is 14.8. The van der Waals surface area contributed by atoms with Crippen LogP contribution in [0.1, 0.15) is 21.6 Å². The van der Waals surface area contributed by atoms with E-state index < -0.39 is 0 Å². The summed E-state index contributed by atoms with van der Waals surface area (Å²) >= 11 is 0. The van der Waals surface area contributed by atoms with Gasteiger partial charge in [0.2, 0.25) is 5.95 Å². The molecule has 0 radical (unpaired) electrons. The van der Waals surface area contributed by atoms with Gasteiger partial charge in [-0.05, 0) is 31.5 Å². The molecular formula is C19H25N5O2. The third-order valence-corrected chi connectivity index (χ3v) is 4.33. The van der Waals surface area contributed by atoms with Gasteiger partial charge in [-0.2, -0.15) is 0 Å². The van der Waals surface area contributed by atoms with Crippen molar-refractivity contribution in [2.24, 2.45) is 0 Å². The summed E-state index contributed by atoms with van der Waals surface area (Å²) in [6.07, 6.45) is 1.60. The standard InChI is InChI=1S/C19H25N5O2/c1-14-3-4-16(15(2)13-14)22-18(25)17-5-6-20-19(23-17)21-7-8-24-9-11-26-12-10-24/h3-6,13H,7-12H2,1-2H3,(H,22,25)(H,20,21,23). The maximum atomic E-state index is 12.5. The predicted octanol–water partition coefficient (Wildman–Crippen LogP) is 2.09. The maximum absolute atomic E-state index is 12.5. The second kappa shape index (κ2) is 8.73. The Balaban J connectivity index is 1.56. The van der Waals surface area contributed by atoms with Crippen molar-refractivity contribution in [1.29, 1.82) is 0 Å². The second-order valence-corrected chi connectivity index (χ2v) is 6.42. The Hall–Kier alpha value is -2.51. The average molecular weight is 355 g/mol. The minimum atomic E-state index is -0.240. The van der Waals surface area contributed by atoms with Gasteiger partial charge in [-0.3, -0.25) is 9.69 Å². The van der Waals surface area contributed by atoms with Crippen molar-refractivity contribution in [2.75, 3.05) is 50.0 Å². The topological polar surface area (TPSA) is 79.4 Å². The molecule has 7 nitrogen and oxygen atoms in total. The Bertz CT molecular complexity index is 759. The van der Waals surface area contributed by atoms with Crippen molar-refractivity contribution in [2.45, 2.75) is 13.8 Å². The van der Waals surface area contributed by atoms with Crippen LogP contribution in [0.2, 0.25) is 0 Å². The van der Waals surface area contributed by atoms with E-state index in [-0.39, 0.29) is 5.91 Å². The van der Waals surface area contributed by atoms with Crippen LogP contribution in [0.15, 0.2) is 30.5 Å². The Labute approximate surface area is 153 Å². The summed E-state index contributed by atoms with van der Waals surface area (Å²) in [5, 5.41) is 6.09. The van der Waals surface area contributed by atoms with Crippen LogP contribution >= 0.6 is 0 Å². The number of benzene rings is 1. The Morgan fingerprint density at radius 2 is 2.04 bits per heavy atom. The van der Waals surface area contributed by atoms with Gasteiger partial charge in [0, 0.05) is 38.1 Å². The van der Waals surface area contributed by atoms with Crippen LogP contribution < -0.4 is 10.6 Å². The molecule has 0 saturated carbocycles. The van der Waals surface area contributed by atoms with Gasteiger partial charge in [0.1, 0.15) is 5.69 Å². The molecule has 1 aliphatic rings. The number of ether oxygens (including phenoxy) is 1. The highest BCUT2D eigenvalue weighted by Gasteiger charge is 2.12. The van der Waals surface area contributed by atoms with Crippen LogP contribution in [0.3, 0.4) is 0 Å². The monoisotopic (exact) mass is 355 g/mol. The Kier molecular flexibility index (Phi) is 6.14. The maximum Gasteiger partial charge on any atom is 0.274 e. The lowest BCUT2D eigenvalue weighted by Crippen LogP contribution is -2.39. The van der Waals surface area contributed by atoms with Crippen LogP contribution in [0.4, 0.5) is 11.6 Å². The van der Waals surface area contributed by atoms with Crippen LogP contribution in [0.5, 0.6) is 0 Å². The molecule has 7 heteroatoms. The largest absolute Gasteiger partial charge is 0.379 e. The molecule has 1 saturated heterocycles. The number of amides is 1. The molecule has 1 aliphatic heterocycles. The fourth-order valence-corrected chi connectivity index (χ4v) is 2.86. The van der Waals surface area contributed by atoms with E-state index in [0.717, 1.165) is 56.2 Å². The first-order chi connectivity index (χ1) is 12.6. The van der Waals surface area contributed by atoms with Gasteiger partial charge in [0.05, 0.1) is 13.2 Å². The molecule has 2 N–H and O–H groups in total. The summed E-state index contributed by atoms with van der Waals surface area (Å²) in [7, 11) is 0. The fraction of sp³-hybridized carbons (Fsp3) is 0.421. The number of morpholine rings is 1. The van der Waals surface area contributed by atoms with E-state index in [9.17, 15) is 4.79 Å². The van der Waals surface area contributed by atoms with Crippen molar-refractivity contribution < 1.29 is 9.53 Å². The molecule has 138 valence electrons. The van der Waals surface area contributed by atoms with E-state index in [2.05, 4.69) is 25.5 Å². The first kappa shape index (κ1) is 18.3. The highest BCUT2D eigenvalue weighted by Crippen LogP contribution is 2.17. The highest BCUT2D eigenvalue weighted by atomic mass is 16.5. The Morgan fingerprint density at radius 3 is 2.81 bits per heavy atom. The summed E-state index contributed by atoms with van der Waals surface area (Å²) in [5.74, 6) is 0.224. The molecule has 0 bridgehead atoms. The zero-order valence-electron chi connectivity index (χ0n) is 15.3. The van der Waals surface area contributed by atoms with Gasteiger partial charge in [-0.15, -0.1) is 0 Å². The van der Waals surface area contributed by atoms with Gasteiger partial charge < -0.3 is 15.4 Å². The molecule has 0 aliphatic carbocycles. The lowest BCUT2D eigenvalue weighted by molar-refractivity contribution is 0.0398.